The average molecular weight is 617 g/mol. The van der Waals surface area contributed by atoms with E-state index in [2.05, 4.69) is 143 Å². The Labute approximate surface area is 280 Å². The Balaban J connectivity index is 1.08. The van der Waals surface area contributed by atoms with Crippen LogP contribution >= 0.6 is 0 Å². The number of para-hydroxylation sites is 1. The molecule has 1 aromatic heterocycles. The second-order valence-corrected chi connectivity index (χ2v) is 14.9. The van der Waals surface area contributed by atoms with Gasteiger partial charge in [0.05, 0.1) is 0 Å². The molecule has 0 saturated carbocycles. The Morgan fingerprint density at radius 3 is 1.90 bits per heavy atom. The van der Waals surface area contributed by atoms with Gasteiger partial charge in [0.15, 0.2) is 0 Å². The summed E-state index contributed by atoms with van der Waals surface area (Å²) in [6.07, 6.45) is 1.10. The molecule has 9 aromatic rings. The van der Waals surface area contributed by atoms with Crippen LogP contribution in [0.15, 0.2) is 132 Å². The number of hydrogen-bond donors (Lipinski definition) is 0. The lowest BCUT2D eigenvalue weighted by atomic mass is 9.80. The smallest absolute Gasteiger partial charge is 0.135 e. The minimum absolute atomic E-state index is 0.125. The van der Waals surface area contributed by atoms with E-state index in [-0.39, 0.29) is 5.41 Å². The monoisotopic (exact) mass is 616 g/mol. The van der Waals surface area contributed by atoms with Crippen LogP contribution in [0.5, 0.6) is 0 Å². The summed E-state index contributed by atoms with van der Waals surface area (Å²) >= 11 is 0. The van der Waals surface area contributed by atoms with Crippen LogP contribution in [0, 0.1) is 5.92 Å². The standard InChI is InChI=1S/C47H36O/c1-27(2)21-28-22-33-10-9-29-11-16-35(39-19-14-34(23-28)45(33)46(29)39)32-13-18-37-36-17-12-31(25-41(36)47(3,4)42(37)26-32)30-15-20-44-40(24-30)38-7-5-6-8-43(38)48-44/h5-20,22-27H,21H2,1-4H3. The van der Waals surface area contributed by atoms with E-state index in [1.807, 2.05) is 12.1 Å². The minimum Gasteiger partial charge on any atom is -0.456 e. The van der Waals surface area contributed by atoms with Gasteiger partial charge in [0.25, 0.3) is 0 Å². The van der Waals surface area contributed by atoms with Gasteiger partial charge in [0.2, 0.25) is 0 Å². The third kappa shape index (κ3) is 3.91. The molecule has 0 radical (unpaired) electrons. The highest BCUT2D eigenvalue weighted by Gasteiger charge is 2.36. The number of rotatable bonds is 4. The summed E-state index contributed by atoms with van der Waals surface area (Å²) in [5.74, 6) is 0.638. The second-order valence-electron chi connectivity index (χ2n) is 14.9. The van der Waals surface area contributed by atoms with Crippen molar-refractivity contribution in [2.24, 2.45) is 5.92 Å². The molecule has 0 atom stereocenters. The van der Waals surface area contributed by atoms with Crippen molar-refractivity contribution in [3.8, 4) is 33.4 Å². The molecule has 0 spiro atoms. The van der Waals surface area contributed by atoms with Crippen molar-refractivity contribution >= 4 is 54.3 Å². The van der Waals surface area contributed by atoms with Crippen molar-refractivity contribution in [1.29, 1.82) is 0 Å². The van der Waals surface area contributed by atoms with Gasteiger partial charge >= 0.3 is 0 Å². The minimum atomic E-state index is -0.125. The van der Waals surface area contributed by atoms with Crippen LogP contribution in [0.25, 0.3) is 87.6 Å². The summed E-state index contributed by atoms with van der Waals surface area (Å²) in [5, 5.41) is 10.4. The van der Waals surface area contributed by atoms with Crippen LogP contribution in [0.2, 0.25) is 0 Å². The maximum Gasteiger partial charge on any atom is 0.135 e. The molecule has 1 aliphatic rings. The van der Waals surface area contributed by atoms with Crippen molar-refractivity contribution in [3.63, 3.8) is 0 Å². The van der Waals surface area contributed by atoms with E-state index in [1.165, 1.54) is 93.2 Å². The fourth-order valence-corrected chi connectivity index (χ4v) is 8.72. The molecule has 1 aliphatic carbocycles. The maximum atomic E-state index is 6.12. The summed E-state index contributed by atoms with van der Waals surface area (Å²) < 4.78 is 6.12. The molecule has 1 nitrogen and oxygen atoms in total. The van der Waals surface area contributed by atoms with Crippen molar-refractivity contribution in [2.75, 3.05) is 0 Å². The van der Waals surface area contributed by atoms with Crippen molar-refractivity contribution in [3.05, 3.63) is 144 Å². The first kappa shape index (κ1) is 27.7. The number of furan rings is 1. The van der Waals surface area contributed by atoms with E-state index >= 15 is 0 Å². The van der Waals surface area contributed by atoms with E-state index in [4.69, 9.17) is 4.42 Å². The molecule has 0 aliphatic heterocycles. The first-order valence-corrected chi connectivity index (χ1v) is 17.3. The molecule has 230 valence electrons. The van der Waals surface area contributed by atoms with E-state index < -0.39 is 0 Å². The summed E-state index contributed by atoms with van der Waals surface area (Å²) in [6.45, 7) is 9.37. The number of fused-ring (bicyclic) bond motifs is 6. The predicted molar refractivity (Wildman–Crippen MR) is 204 cm³/mol. The van der Waals surface area contributed by atoms with Crippen molar-refractivity contribution < 1.29 is 4.42 Å². The second kappa shape index (κ2) is 9.81. The Hall–Kier alpha value is -5.40. The number of benzene rings is 8. The first-order valence-electron chi connectivity index (χ1n) is 17.3. The van der Waals surface area contributed by atoms with Crippen LogP contribution in [0.3, 0.4) is 0 Å². The molecule has 0 bridgehead atoms. The Bertz CT molecular complexity index is 2730. The molecular weight excluding hydrogens is 581 g/mol. The maximum absolute atomic E-state index is 6.12. The lowest BCUT2D eigenvalue weighted by Gasteiger charge is -2.23. The lowest BCUT2D eigenvalue weighted by Crippen LogP contribution is -2.15. The molecule has 0 amide bonds. The van der Waals surface area contributed by atoms with Gasteiger partial charge < -0.3 is 4.42 Å². The van der Waals surface area contributed by atoms with Gasteiger partial charge in [-0.05, 0) is 125 Å². The molecule has 10 rings (SSSR count). The predicted octanol–water partition coefficient (Wildman–Crippen LogP) is 13.3. The summed E-state index contributed by atoms with van der Waals surface area (Å²) in [6, 6.07) is 47.9. The topological polar surface area (TPSA) is 13.1 Å². The molecular formula is C47H36O. The summed E-state index contributed by atoms with van der Waals surface area (Å²) in [5.41, 5.74) is 13.7. The van der Waals surface area contributed by atoms with Crippen LogP contribution in [0.1, 0.15) is 44.4 Å². The zero-order valence-electron chi connectivity index (χ0n) is 27.8. The van der Waals surface area contributed by atoms with Gasteiger partial charge in [0.1, 0.15) is 11.2 Å². The first-order chi connectivity index (χ1) is 23.3. The lowest BCUT2D eigenvalue weighted by molar-refractivity contribution is 0.648. The molecule has 0 unspecified atom stereocenters. The molecule has 0 fully saturated rings. The summed E-state index contributed by atoms with van der Waals surface area (Å²) in [7, 11) is 0. The quantitative estimate of drug-likeness (QED) is 0.179. The van der Waals surface area contributed by atoms with Gasteiger partial charge in [-0.1, -0.05) is 125 Å². The van der Waals surface area contributed by atoms with Crippen LogP contribution < -0.4 is 0 Å². The van der Waals surface area contributed by atoms with E-state index in [0.717, 1.165) is 17.6 Å². The van der Waals surface area contributed by atoms with Crippen molar-refractivity contribution in [1.82, 2.24) is 0 Å². The molecule has 0 saturated heterocycles. The fraction of sp³-hybridized carbons (Fsp3) is 0.149. The third-order valence-corrected chi connectivity index (χ3v) is 11.0. The van der Waals surface area contributed by atoms with E-state index in [0.29, 0.717) is 5.92 Å². The van der Waals surface area contributed by atoms with Crippen LogP contribution in [-0.4, -0.2) is 0 Å². The Morgan fingerprint density at radius 1 is 0.500 bits per heavy atom. The average Bonchev–Trinajstić information content (AvgIpc) is 3.57. The number of hydrogen-bond acceptors (Lipinski definition) is 1. The van der Waals surface area contributed by atoms with E-state index in [9.17, 15) is 0 Å². The van der Waals surface area contributed by atoms with Gasteiger partial charge in [-0.25, -0.2) is 0 Å². The van der Waals surface area contributed by atoms with Crippen LogP contribution in [0.4, 0.5) is 0 Å². The highest BCUT2D eigenvalue weighted by atomic mass is 16.3. The van der Waals surface area contributed by atoms with Gasteiger partial charge in [-0.3, -0.25) is 0 Å². The van der Waals surface area contributed by atoms with Crippen molar-refractivity contribution in [2.45, 2.75) is 39.5 Å². The summed E-state index contributed by atoms with van der Waals surface area (Å²) in [4.78, 5) is 0. The highest BCUT2D eigenvalue weighted by molar-refractivity contribution is 6.25. The van der Waals surface area contributed by atoms with E-state index in [1.54, 1.807) is 0 Å². The molecule has 1 heterocycles. The molecule has 0 N–H and O–H groups in total. The van der Waals surface area contributed by atoms with Gasteiger partial charge in [-0.2, -0.15) is 0 Å². The molecule has 48 heavy (non-hydrogen) atoms. The zero-order valence-corrected chi connectivity index (χ0v) is 27.8. The zero-order chi connectivity index (χ0) is 32.3. The van der Waals surface area contributed by atoms with Gasteiger partial charge in [-0.15, -0.1) is 0 Å². The molecule has 8 aromatic carbocycles. The SMILES string of the molecule is CC(C)Cc1cc2ccc3ccc(-c4ccc5c(c4)C(C)(C)c4cc(-c6ccc7oc8ccccc8c7c6)ccc4-5)c4ccc(c1)c2c34. The molecule has 1 heteroatoms. The third-order valence-electron chi connectivity index (χ3n) is 11.0. The van der Waals surface area contributed by atoms with Crippen LogP contribution in [-0.2, 0) is 11.8 Å². The largest absolute Gasteiger partial charge is 0.456 e. The Morgan fingerprint density at radius 2 is 1.10 bits per heavy atom. The normalized spacial score (nSPS) is 13.9. The fourth-order valence-electron chi connectivity index (χ4n) is 8.72. The highest BCUT2D eigenvalue weighted by Crippen LogP contribution is 2.51. The van der Waals surface area contributed by atoms with Gasteiger partial charge in [0, 0.05) is 16.2 Å². The Kier molecular flexibility index (Phi) is 5.66.